The number of nitrogens with zero attached hydrogens (tertiary/aromatic N) is 1. The number of benzene rings is 1. The molecule has 0 saturated carbocycles. The second-order valence-electron chi connectivity index (χ2n) is 4.04. The summed E-state index contributed by atoms with van der Waals surface area (Å²) in [7, 11) is 0. The van der Waals surface area contributed by atoms with Crippen LogP contribution >= 0.6 is 11.6 Å². The number of hydrogen-bond donors (Lipinski definition) is 1. The molecule has 0 saturated heterocycles. The predicted molar refractivity (Wildman–Crippen MR) is 68.6 cm³/mol. The van der Waals surface area contributed by atoms with Gasteiger partial charge in [-0.2, -0.15) is 13.2 Å². The van der Waals surface area contributed by atoms with E-state index in [0.29, 0.717) is 0 Å². The van der Waals surface area contributed by atoms with Crippen LogP contribution in [0.3, 0.4) is 0 Å². The summed E-state index contributed by atoms with van der Waals surface area (Å²) in [4.78, 5) is 3.39. The van der Waals surface area contributed by atoms with Gasteiger partial charge in [-0.1, -0.05) is 17.7 Å². The highest BCUT2D eigenvalue weighted by atomic mass is 35.5. The minimum atomic E-state index is -4.61. The van der Waals surface area contributed by atoms with E-state index in [1.54, 1.807) is 0 Å². The largest absolute Gasteiger partial charge is 0.437 e. The highest BCUT2D eigenvalue weighted by molar-refractivity contribution is 6.32. The maximum Gasteiger partial charge on any atom is 0.433 e. The molecule has 0 unspecified atom stereocenters. The molecule has 112 valence electrons. The molecule has 3 nitrogen and oxygen atoms in total. The zero-order valence-electron chi connectivity index (χ0n) is 10.4. The van der Waals surface area contributed by atoms with Crippen molar-refractivity contribution in [2.45, 2.75) is 12.7 Å². The van der Waals surface area contributed by atoms with Gasteiger partial charge in [-0.3, -0.25) is 0 Å². The van der Waals surface area contributed by atoms with Crippen LogP contribution in [0.4, 0.5) is 17.6 Å². The van der Waals surface area contributed by atoms with Crippen molar-refractivity contribution in [2.24, 2.45) is 5.73 Å². The van der Waals surface area contributed by atoms with E-state index in [2.05, 4.69) is 4.98 Å². The van der Waals surface area contributed by atoms with Crippen molar-refractivity contribution in [3.8, 4) is 11.6 Å². The van der Waals surface area contributed by atoms with Crippen LogP contribution in [0.1, 0.15) is 11.3 Å². The molecule has 0 aliphatic heterocycles. The third-order valence-corrected chi connectivity index (χ3v) is 2.85. The number of halogens is 5. The Hall–Kier alpha value is -1.86. The quantitative estimate of drug-likeness (QED) is 0.864. The Kier molecular flexibility index (Phi) is 4.34. The molecule has 0 amide bonds. The van der Waals surface area contributed by atoms with E-state index in [9.17, 15) is 17.6 Å². The lowest BCUT2D eigenvalue weighted by molar-refractivity contribution is -0.141. The van der Waals surface area contributed by atoms with Crippen molar-refractivity contribution in [1.29, 1.82) is 0 Å². The zero-order valence-corrected chi connectivity index (χ0v) is 11.2. The normalized spacial score (nSPS) is 11.5. The van der Waals surface area contributed by atoms with Gasteiger partial charge in [0, 0.05) is 12.1 Å². The first-order chi connectivity index (χ1) is 9.81. The fraction of sp³-hybridized carbons (Fsp3) is 0.154. The van der Waals surface area contributed by atoms with Gasteiger partial charge in [0.2, 0.25) is 5.88 Å². The van der Waals surface area contributed by atoms with Crippen LogP contribution < -0.4 is 10.5 Å². The Labute approximate surface area is 122 Å². The molecule has 0 radical (unpaired) electrons. The van der Waals surface area contributed by atoms with E-state index in [0.717, 1.165) is 18.2 Å². The average molecular weight is 321 g/mol. The lowest BCUT2D eigenvalue weighted by Gasteiger charge is -2.13. The van der Waals surface area contributed by atoms with Crippen LogP contribution in [0.2, 0.25) is 5.02 Å². The summed E-state index contributed by atoms with van der Waals surface area (Å²) in [5.74, 6) is -0.927. The Morgan fingerprint density at radius 2 is 1.90 bits per heavy atom. The molecule has 0 fully saturated rings. The monoisotopic (exact) mass is 320 g/mol. The van der Waals surface area contributed by atoms with E-state index < -0.39 is 17.7 Å². The Balaban J connectivity index is 2.42. The molecule has 0 aliphatic rings. The fourth-order valence-corrected chi connectivity index (χ4v) is 1.74. The fourth-order valence-electron chi connectivity index (χ4n) is 1.53. The van der Waals surface area contributed by atoms with Gasteiger partial charge in [-0.05, 0) is 24.3 Å². The Bertz CT molecular complexity index is 661. The Morgan fingerprint density at radius 1 is 1.19 bits per heavy atom. The number of ether oxygens (including phenoxy) is 1. The highest BCUT2D eigenvalue weighted by Gasteiger charge is 2.33. The number of nitrogens with two attached hydrogens (primary N) is 1. The number of alkyl halides is 3. The summed E-state index contributed by atoms with van der Waals surface area (Å²) in [6.07, 6.45) is -4.61. The van der Waals surface area contributed by atoms with Gasteiger partial charge in [-0.15, -0.1) is 0 Å². The van der Waals surface area contributed by atoms with Gasteiger partial charge in [0.05, 0.1) is 5.02 Å². The molecule has 0 bridgehead atoms. The topological polar surface area (TPSA) is 48.1 Å². The first-order valence-electron chi connectivity index (χ1n) is 5.71. The highest BCUT2D eigenvalue weighted by Crippen LogP contribution is 2.34. The lowest BCUT2D eigenvalue weighted by Crippen LogP contribution is -2.10. The molecule has 0 atom stereocenters. The number of pyridine rings is 1. The summed E-state index contributed by atoms with van der Waals surface area (Å²) >= 11 is 5.76. The van der Waals surface area contributed by atoms with Gasteiger partial charge in [0.1, 0.15) is 17.3 Å². The number of aromatic nitrogens is 1. The van der Waals surface area contributed by atoms with Crippen LogP contribution in [0, 0.1) is 5.82 Å². The molecule has 1 aromatic carbocycles. The lowest BCUT2D eigenvalue weighted by atomic mass is 10.2. The van der Waals surface area contributed by atoms with Crippen LogP contribution in [0.5, 0.6) is 11.6 Å². The number of hydrogen-bond acceptors (Lipinski definition) is 3. The summed E-state index contributed by atoms with van der Waals surface area (Å²) in [6, 6.07) is 5.22. The first-order valence-corrected chi connectivity index (χ1v) is 6.09. The molecule has 8 heteroatoms. The first kappa shape index (κ1) is 15.5. The second-order valence-corrected chi connectivity index (χ2v) is 4.45. The SMILES string of the molecule is NCc1ccc(C(F)(F)F)nc1Oc1ccc(F)cc1Cl. The molecular weight excluding hydrogens is 312 g/mol. The molecule has 0 aliphatic carbocycles. The molecular formula is C13H9ClF4N2O. The van der Waals surface area contributed by atoms with Crippen LogP contribution in [-0.2, 0) is 12.7 Å². The van der Waals surface area contributed by atoms with Gasteiger partial charge in [0.25, 0.3) is 0 Å². The van der Waals surface area contributed by atoms with E-state index in [-0.39, 0.29) is 28.8 Å². The molecule has 1 aromatic heterocycles. The van der Waals surface area contributed by atoms with Gasteiger partial charge >= 0.3 is 6.18 Å². The maximum atomic E-state index is 12.9. The third-order valence-electron chi connectivity index (χ3n) is 2.55. The molecule has 1 heterocycles. The molecule has 2 aromatic rings. The van der Waals surface area contributed by atoms with Gasteiger partial charge in [-0.25, -0.2) is 9.37 Å². The van der Waals surface area contributed by atoms with Gasteiger partial charge < -0.3 is 10.5 Å². The van der Waals surface area contributed by atoms with E-state index >= 15 is 0 Å². The van der Waals surface area contributed by atoms with E-state index in [1.165, 1.54) is 12.1 Å². The second kappa shape index (κ2) is 5.87. The molecule has 2 rings (SSSR count). The van der Waals surface area contributed by atoms with E-state index in [1.807, 2.05) is 0 Å². The summed E-state index contributed by atoms with van der Waals surface area (Å²) < 4.78 is 56.1. The molecule has 0 spiro atoms. The van der Waals surface area contributed by atoms with Gasteiger partial charge in [0.15, 0.2) is 0 Å². The minimum Gasteiger partial charge on any atom is -0.437 e. The summed E-state index contributed by atoms with van der Waals surface area (Å²) in [6.45, 7) is -0.0702. The number of rotatable bonds is 3. The Morgan fingerprint density at radius 3 is 2.48 bits per heavy atom. The third kappa shape index (κ3) is 3.62. The van der Waals surface area contributed by atoms with Crippen molar-refractivity contribution in [2.75, 3.05) is 0 Å². The smallest absolute Gasteiger partial charge is 0.433 e. The van der Waals surface area contributed by atoms with Crippen LogP contribution in [0.25, 0.3) is 0 Å². The average Bonchev–Trinajstić information content (AvgIpc) is 2.41. The minimum absolute atomic E-state index is 0.0143. The predicted octanol–water partition coefficient (Wildman–Crippen LogP) is 4.14. The van der Waals surface area contributed by atoms with Crippen molar-refractivity contribution < 1.29 is 22.3 Å². The summed E-state index contributed by atoms with van der Waals surface area (Å²) in [5, 5.41) is -0.0859. The van der Waals surface area contributed by atoms with Crippen molar-refractivity contribution in [3.05, 3.63) is 52.4 Å². The van der Waals surface area contributed by atoms with Crippen LogP contribution in [-0.4, -0.2) is 4.98 Å². The van der Waals surface area contributed by atoms with Crippen molar-refractivity contribution in [3.63, 3.8) is 0 Å². The molecule has 21 heavy (non-hydrogen) atoms. The van der Waals surface area contributed by atoms with Crippen molar-refractivity contribution in [1.82, 2.24) is 4.98 Å². The van der Waals surface area contributed by atoms with Crippen molar-refractivity contribution >= 4 is 11.6 Å². The zero-order chi connectivity index (χ0) is 15.6. The van der Waals surface area contributed by atoms with E-state index in [4.69, 9.17) is 22.1 Å². The summed E-state index contributed by atoms with van der Waals surface area (Å²) in [5.41, 5.74) is 4.58. The molecule has 2 N–H and O–H groups in total. The maximum absolute atomic E-state index is 12.9. The van der Waals surface area contributed by atoms with Crippen LogP contribution in [0.15, 0.2) is 30.3 Å². The standard InChI is InChI=1S/C13H9ClF4N2O/c14-9-5-8(15)2-3-10(9)21-12-7(6-19)1-4-11(20-12)13(16,17)18/h1-5H,6,19H2.